The topological polar surface area (TPSA) is 217 Å². The maximum Gasteiger partial charge on any atom is 0.293 e. The zero-order valence-electron chi connectivity index (χ0n) is 55.6. The molecule has 0 radical (unpaired) electrons. The molecule has 12 bridgehead atoms. The van der Waals surface area contributed by atoms with Crippen molar-refractivity contribution in [1.82, 2.24) is 0 Å². The van der Waals surface area contributed by atoms with Crippen LogP contribution < -0.4 is 18.9 Å². The van der Waals surface area contributed by atoms with Crippen molar-refractivity contribution >= 4 is 36.1 Å². The van der Waals surface area contributed by atoms with Gasteiger partial charge in [0.15, 0.2) is 45.5 Å². The van der Waals surface area contributed by atoms with Gasteiger partial charge in [0.05, 0.1) is 11.2 Å². The summed E-state index contributed by atoms with van der Waals surface area (Å²) < 4.78 is 51.9. The summed E-state index contributed by atoms with van der Waals surface area (Å²) >= 11 is 0. The van der Waals surface area contributed by atoms with Gasteiger partial charge in [-0.25, -0.2) is 0 Å². The van der Waals surface area contributed by atoms with Crippen molar-refractivity contribution in [3.8, 4) is 34.5 Å². The fraction of sp³-hybridized carbons (Fsp3) is 0.553. The molecule has 8 aliphatic carbocycles. The van der Waals surface area contributed by atoms with Gasteiger partial charge in [-0.1, -0.05) is 59.8 Å². The molecule has 6 heterocycles. The molecule has 6 aliphatic heterocycles. The van der Waals surface area contributed by atoms with E-state index in [0.717, 1.165) is 48.0 Å². The normalized spacial score (nSPS) is 36.5. The molecule has 488 valence electrons. The zero-order valence-corrected chi connectivity index (χ0v) is 55.6. The SMILES string of the molecule is C=C(C)C1CC[C@]2(C)C[C@H]1c1c(O)c3c(c(CC=C(C)C)c1O2)O[C@]12C(=C[C@@H]4CC1C(C)(C)O[C@]2(/C=C/C(C)OC=O)C4=O)C3=O.C=C(C)[C@@H]1CC[C@@]2(C)CC1c1c(O)c3c(c(CC=C(C)C)c1O2)O[C@]12C(=C[C@@H]4CC1C(C)(C)O[C@]2(/C=C/C(C)OC=O)C4=O)C3=O. The Morgan fingerprint density at radius 3 is 1.29 bits per heavy atom. The lowest BCUT2D eigenvalue weighted by molar-refractivity contribution is -0.161. The number of ether oxygens (including phenoxy) is 8. The highest BCUT2D eigenvalue weighted by Crippen LogP contribution is 2.72. The van der Waals surface area contributed by atoms with E-state index in [0.29, 0.717) is 96.4 Å². The summed E-state index contributed by atoms with van der Waals surface area (Å²) in [4.78, 5) is 80.8. The highest BCUT2D eigenvalue weighted by molar-refractivity contribution is 6.20. The van der Waals surface area contributed by atoms with Gasteiger partial charge in [-0.15, -0.1) is 0 Å². The standard InChI is InChI=1S/2C38H44O8/c2*1-19(2)9-10-24-32-28(25-17-36(8,44-32)13-12-23(25)20(3)4)31(41)29-30(40)26-15-22-16-27-35(6,7)46-37(34(22)42,14-11-21(5)43-18-39)38(26,27)45-33(24)29/h2*9,11,14-15,18,21-23,25,27,41H,3,10,12-13,16-17H2,1-2,4-8H3/b2*14-11+/t21?,22-,23?,25-,27?,36-,37-,38-;21?,22-,23+,25?,27?,36+,37-,38-/m11/s1. The van der Waals surface area contributed by atoms with Crippen LogP contribution in [-0.4, -0.2) is 103 Å². The van der Waals surface area contributed by atoms with E-state index in [1.165, 1.54) is 0 Å². The Hall–Kier alpha value is -7.30. The maximum absolute atomic E-state index is 15.0. The number of rotatable bonds is 14. The molecule has 14 aliphatic rings. The number of allylic oxidation sites excluding steroid dienone is 8. The largest absolute Gasteiger partial charge is 0.507 e. The third-order valence-electron chi connectivity index (χ3n) is 23.1. The third kappa shape index (κ3) is 8.64. The van der Waals surface area contributed by atoms with E-state index in [-0.39, 0.29) is 92.8 Å². The highest BCUT2D eigenvalue weighted by atomic mass is 16.6. The van der Waals surface area contributed by atoms with E-state index < -0.39 is 68.9 Å². The van der Waals surface area contributed by atoms with Crippen LogP contribution in [0.5, 0.6) is 34.5 Å². The number of Topliss-reactive ketones (excluding diaryl/α,β-unsaturated/α-hetero) is 4. The number of hydrogen-bond acceptors (Lipinski definition) is 16. The molecule has 92 heavy (non-hydrogen) atoms. The van der Waals surface area contributed by atoms with Crippen molar-refractivity contribution in [2.45, 2.75) is 230 Å². The minimum Gasteiger partial charge on any atom is -0.507 e. The molecule has 2 aromatic carbocycles. The molecule has 16 atom stereocenters. The van der Waals surface area contributed by atoms with Gasteiger partial charge < -0.3 is 48.1 Å². The lowest BCUT2D eigenvalue weighted by Gasteiger charge is -2.56. The molecule has 4 saturated carbocycles. The van der Waals surface area contributed by atoms with Crippen molar-refractivity contribution in [2.75, 3.05) is 0 Å². The molecule has 2 spiro atoms. The van der Waals surface area contributed by atoms with Gasteiger partial charge in [0.1, 0.15) is 69.0 Å². The molecule has 2 aromatic rings. The van der Waals surface area contributed by atoms with Crippen LogP contribution in [0.25, 0.3) is 0 Å². The fourth-order valence-corrected chi connectivity index (χ4v) is 19.0. The molecular formula is C76H88O16. The molecule has 16 heteroatoms. The lowest BCUT2D eigenvalue weighted by atomic mass is 9.51. The summed E-state index contributed by atoms with van der Waals surface area (Å²) in [7, 11) is 0. The van der Waals surface area contributed by atoms with Gasteiger partial charge in [0.2, 0.25) is 0 Å². The Morgan fingerprint density at radius 2 is 0.957 bits per heavy atom. The second-order valence-electron chi connectivity index (χ2n) is 30.7. The summed E-state index contributed by atoms with van der Waals surface area (Å²) in [5.74, 6) is -1.37. The molecule has 0 amide bonds. The number of fused-ring (bicyclic) bond motifs is 10. The van der Waals surface area contributed by atoms with Gasteiger partial charge in [-0.05, 0) is 197 Å². The molecule has 2 saturated heterocycles. The first-order valence-electron chi connectivity index (χ1n) is 33.0. The number of hydrogen-bond donors (Lipinski definition) is 2. The average Bonchev–Trinajstić information content (AvgIpc) is 1.41. The summed E-state index contributed by atoms with van der Waals surface area (Å²) in [6.45, 7) is 36.8. The van der Waals surface area contributed by atoms with E-state index in [1.807, 2.05) is 69.2 Å². The number of benzene rings is 2. The number of carbonyl (C=O) groups is 6. The van der Waals surface area contributed by atoms with Gasteiger partial charge in [-0.3, -0.25) is 28.8 Å². The molecule has 6 unspecified atom stereocenters. The molecule has 6 fully saturated rings. The molecule has 2 N–H and O–H groups in total. The predicted molar refractivity (Wildman–Crippen MR) is 342 cm³/mol. The first-order chi connectivity index (χ1) is 43.2. The number of aromatic hydroxyl groups is 2. The Labute approximate surface area is 539 Å². The van der Waals surface area contributed by atoms with Crippen LogP contribution in [0, 0.1) is 35.5 Å². The van der Waals surface area contributed by atoms with Crippen LogP contribution >= 0.6 is 0 Å². The summed E-state index contributed by atoms with van der Waals surface area (Å²) in [6, 6.07) is 0. The van der Waals surface area contributed by atoms with Crippen molar-refractivity contribution < 1.29 is 76.9 Å². The lowest BCUT2D eigenvalue weighted by Crippen LogP contribution is -2.71. The van der Waals surface area contributed by atoms with E-state index in [9.17, 15) is 39.0 Å². The summed E-state index contributed by atoms with van der Waals surface area (Å²) in [5.41, 5.74) is -0.960. The van der Waals surface area contributed by atoms with Crippen LogP contribution in [0.3, 0.4) is 0 Å². The first-order valence-corrected chi connectivity index (χ1v) is 33.0. The highest BCUT2D eigenvalue weighted by Gasteiger charge is 2.83. The number of phenolic OH excluding ortho intramolecular Hbond substituents is 2. The number of ketones is 4. The monoisotopic (exact) mass is 1260 g/mol. The van der Waals surface area contributed by atoms with Gasteiger partial charge >= 0.3 is 0 Å². The molecule has 16 nitrogen and oxygen atoms in total. The van der Waals surface area contributed by atoms with Gasteiger partial charge in [0.25, 0.3) is 12.9 Å². The average molecular weight is 1260 g/mol. The second-order valence-corrected chi connectivity index (χ2v) is 30.7. The summed E-state index contributed by atoms with van der Waals surface area (Å²) in [6.07, 6.45) is 19.5. The van der Waals surface area contributed by atoms with E-state index >= 15 is 0 Å². The Balaban J connectivity index is 0.000000168. The predicted octanol–water partition coefficient (Wildman–Crippen LogP) is 13.3. The Morgan fingerprint density at radius 1 is 0.587 bits per heavy atom. The minimum absolute atomic E-state index is 0.0650. The minimum atomic E-state index is -1.64. The van der Waals surface area contributed by atoms with Gasteiger partial charge in [0, 0.05) is 68.9 Å². The summed E-state index contributed by atoms with van der Waals surface area (Å²) in [5, 5.41) is 24.4. The van der Waals surface area contributed by atoms with Crippen LogP contribution in [-0.2, 0) is 51.0 Å². The molecular weight excluding hydrogens is 1170 g/mol. The molecule has 16 rings (SSSR count). The smallest absolute Gasteiger partial charge is 0.293 e. The fourth-order valence-electron chi connectivity index (χ4n) is 19.0. The van der Waals surface area contributed by atoms with Crippen molar-refractivity contribution in [1.29, 1.82) is 0 Å². The van der Waals surface area contributed by atoms with Crippen molar-refractivity contribution in [3.63, 3.8) is 0 Å². The molecule has 0 aromatic heterocycles. The van der Waals surface area contributed by atoms with E-state index in [4.69, 9.17) is 37.9 Å². The van der Waals surface area contributed by atoms with Crippen LogP contribution in [0.15, 0.2) is 95.2 Å². The van der Waals surface area contributed by atoms with Crippen LogP contribution in [0.2, 0.25) is 0 Å². The van der Waals surface area contributed by atoms with E-state index in [1.54, 1.807) is 50.3 Å². The zero-order chi connectivity index (χ0) is 66.3. The van der Waals surface area contributed by atoms with Crippen LogP contribution in [0.4, 0.5) is 0 Å². The van der Waals surface area contributed by atoms with E-state index in [2.05, 4.69) is 39.2 Å². The van der Waals surface area contributed by atoms with Crippen molar-refractivity contribution in [3.05, 3.63) is 129 Å². The number of phenols is 2. The second kappa shape index (κ2) is 21.1. The van der Waals surface area contributed by atoms with Gasteiger partial charge in [-0.2, -0.15) is 0 Å². The third-order valence-corrected chi connectivity index (χ3v) is 23.1. The quantitative estimate of drug-likeness (QED) is 0.133. The number of carbonyl (C=O) groups excluding carboxylic acids is 6. The van der Waals surface area contributed by atoms with Crippen LogP contribution in [0.1, 0.15) is 203 Å². The van der Waals surface area contributed by atoms with Crippen molar-refractivity contribution in [2.24, 2.45) is 35.5 Å². The Bertz CT molecular complexity index is 3630. The Kier molecular flexibility index (Phi) is 14.6. The maximum atomic E-state index is 15.0. The first kappa shape index (κ1) is 63.5.